The van der Waals surface area contributed by atoms with E-state index in [-0.39, 0.29) is 0 Å². The number of aryl methyl sites for hydroxylation is 1. The lowest BCUT2D eigenvalue weighted by Crippen LogP contribution is -2.41. The smallest absolute Gasteiger partial charge is 0.0595 e. The minimum Gasteiger partial charge on any atom is -0.381 e. The van der Waals surface area contributed by atoms with E-state index >= 15 is 0 Å². The molecule has 2 rings (SSSR count). The van der Waals surface area contributed by atoms with Gasteiger partial charge in [-0.05, 0) is 41.8 Å². The first-order valence-electron chi connectivity index (χ1n) is 6.38. The maximum Gasteiger partial charge on any atom is 0.0595 e. The average Bonchev–Trinajstić information content (AvgIpc) is 2.71. The van der Waals surface area contributed by atoms with Gasteiger partial charge in [0.25, 0.3) is 0 Å². The van der Waals surface area contributed by atoms with Crippen LogP contribution in [0.2, 0.25) is 0 Å². The highest BCUT2D eigenvalue weighted by Gasteiger charge is 2.26. The summed E-state index contributed by atoms with van der Waals surface area (Å²) in [5.41, 5.74) is 5.98. The Morgan fingerprint density at radius 1 is 1.56 bits per heavy atom. The van der Waals surface area contributed by atoms with E-state index in [0.717, 1.165) is 25.9 Å². The van der Waals surface area contributed by atoms with Crippen molar-refractivity contribution in [2.45, 2.75) is 31.9 Å². The van der Waals surface area contributed by atoms with Crippen molar-refractivity contribution >= 4 is 27.3 Å². The topological polar surface area (TPSA) is 38.5 Å². The number of likely N-dealkylation sites (tertiary alicyclic amines) is 1. The van der Waals surface area contributed by atoms with E-state index in [1.54, 1.807) is 7.11 Å². The van der Waals surface area contributed by atoms with Crippen LogP contribution < -0.4 is 5.73 Å². The molecule has 3 nitrogen and oxygen atoms in total. The molecular weight excluding hydrogens is 312 g/mol. The molecule has 1 aromatic rings. The van der Waals surface area contributed by atoms with Crippen LogP contribution in [-0.2, 0) is 4.74 Å². The molecule has 1 aliphatic rings. The summed E-state index contributed by atoms with van der Waals surface area (Å²) in [6, 6.07) is 2.58. The molecule has 0 spiro atoms. The third kappa shape index (κ3) is 3.14. The molecule has 1 unspecified atom stereocenters. The van der Waals surface area contributed by atoms with Crippen LogP contribution in [0, 0.1) is 6.92 Å². The van der Waals surface area contributed by atoms with Crippen LogP contribution in [0.15, 0.2) is 10.5 Å². The molecular formula is C13H21BrN2OS. The molecule has 0 amide bonds. The van der Waals surface area contributed by atoms with Crippen molar-refractivity contribution in [1.82, 2.24) is 4.90 Å². The second-order valence-corrected chi connectivity index (χ2v) is 6.92. The van der Waals surface area contributed by atoms with Crippen molar-refractivity contribution < 1.29 is 4.74 Å². The van der Waals surface area contributed by atoms with Crippen LogP contribution >= 0.6 is 27.3 Å². The van der Waals surface area contributed by atoms with Gasteiger partial charge in [0, 0.05) is 41.0 Å². The number of halogens is 1. The fraction of sp³-hybridized carbons (Fsp3) is 0.692. The molecule has 1 fully saturated rings. The van der Waals surface area contributed by atoms with Gasteiger partial charge < -0.3 is 10.5 Å². The lowest BCUT2D eigenvalue weighted by molar-refractivity contribution is 0.0285. The van der Waals surface area contributed by atoms with Gasteiger partial charge in [0.05, 0.1) is 12.1 Å². The zero-order valence-corrected chi connectivity index (χ0v) is 13.4. The first kappa shape index (κ1) is 14.5. The first-order chi connectivity index (χ1) is 8.65. The first-order valence-corrected chi connectivity index (χ1v) is 7.99. The normalized spacial score (nSPS) is 20.2. The van der Waals surface area contributed by atoms with Crippen LogP contribution in [0.1, 0.15) is 28.6 Å². The molecule has 0 radical (unpaired) electrons. The van der Waals surface area contributed by atoms with E-state index < -0.39 is 0 Å². The van der Waals surface area contributed by atoms with Crippen LogP contribution in [0.4, 0.5) is 0 Å². The fourth-order valence-corrected chi connectivity index (χ4v) is 4.22. The van der Waals surface area contributed by atoms with Gasteiger partial charge in [-0.25, -0.2) is 0 Å². The van der Waals surface area contributed by atoms with Crippen LogP contribution in [-0.4, -0.2) is 37.7 Å². The number of piperidine rings is 1. The molecule has 0 saturated carbocycles. The Labute approximate surface area is 121 Å². The Hall–Kier alpha value is 0.0600. The fourth-order valence-electron chi connectivity index (χ4n) is 2.51. The summed E-state index contributed by atoms with van der Waals surface area (Å²) in [6.07, 6.45) is 2.65. The summed E-state index contributed by atoms with van der Waals surface area (Å²) >= 11 is 5.44. The number of hydrogen-bond donors (Lipinski definition) is 1. The van der Waals surface area contributed by atoms with E-state index in [2.05, 4.69) is 33.8 Å². The average molecular weight is 333 g/mol. The highest BCUT2D eigenvalue weighted by molar-refractivity contribution is 9.10. The van der Waals surface area contributed by atoms with Crippen molar-refractivity contribution in [1.29, 1.82) is 0 Å². The Bertz CT molecular complexity index is 369. The lowest BCUT2D eigenvalue weighted by Gasteiger charge is -2.36. The maximum atomic E-state index is 5.98. The molecule has 5 heteroatoms. The van der Waals surface area contributed by atoms with Gasteiger partial charge in [0.15, 0.2) is 0 Å². The minimum absolute atomic E-state index is 0.359. The van der Waals surface area contributed by atoms with E-state index in [4.69, 9.17) is 10.5 Å². The maximum absolute atomic E-state index is 5.98. The second kappa shape index (κ2) is 6.48. The summed E-state index contributed by atoms with van der Waals surface area (Å²) in [4.78, 5) is 5.20. The largest absolute Gasteiger partial charge is 0.381 e. The van der Waals surface area contributed by atoms with Crippen molar-refractivity contribution in [3.63, 3.8) is 0 Å². The Balaban J connectivity index is 2.05. The summed E-state index contributed by atoms with van der Waals surface area (Å²) in [5.74, 6) is 0. The number of thiophene rings is 1. The summed E-state index contributed by atoms with van der Waals surface area (Å²) in [5, 5.41) is 0. The molecule has 102 valence electrons. The van der Waals surface area contributed by atoms with Crippen LogP contribution in [0.5, 0.6) is 0 Å². The molecule has 2 heterocycles. The number of hydrogen-bond acceptors (Lipinski definition) is 4. The zero-order valence-electron chi connectivity index (χ0n) is 11.0. The quantitative estimate of drug-likeness (QED) is 0.921. The van der Waals surface area contributed by atoms with E-state index in [1.165, 1.54) is 14.2 Å². The Morgan fingerprint density at radius 2 is 2.22 bits per heavy atom. The zero-order chi connectivity index (χ0) is 13.1. The third-order valence-electron chi connectivity index (χ3n) is 3.68. The van der Waals surface area contributed by atoms with Gasteiger partial charge in [-0.1, -0.05) is 0 Å². The standard InChI is InChI=1S/C13H21BrN2OS/c1-9-11(14)7-13(18-9)12(8-15)16-5-3-10(17-2)4-6-16/h7,10,12H,3-6,8,15H2,1-2H3. The van der Waals surface area contributed by atoms with Gasteiger partial charge >= 0.3 is 0 Å². The minimum atomic E-state index is 0.359. The van der Waals surface area contributed by atoms with Gasteiger partial charge in [-0.15, -0.1) is 11.3 Å². The summed E-state index contributed by atoms with van der Waals surface area (Å²) in [7, 11) is 1.81. The van der Waals surface area contributed by atoms with Gasteiger partial charge in [-0.3, -0.25) is 4.90 Å². The lowest BCUT2D eigenvalue weighted by atomic mass is 10.0. The van der Waals surface area contributed by atoms with Crippen molar-refractivity contribution in [2.75, 3.05) is 26.7 Å². The highest BCUT2D eigenvalue weighted by atomic mass is 79.9. The monoisotopic (exact) mass is 332 g/mol. The van der Waals surface area contributed by atoms with Crippen molar-refractivity contribution in [3.05, 3.63) is 20.3 Å². The van der Waals surface area contributed by atoms with Gasteiger partial charge in [0.2, 0.25) is 0 Å². The SMILES string of the molecule is COC1CCN(C(CN)c2cc(Br)c(C)s2)CC1. The van der Waals surface area contributed by atoms with E-state index in [1.807, 2.05) is 11.3 Å². The molecule has 1 atom stereocenters. The van der Waals surface area contributed by atoms with E-state index in [9.17, 15) is 0 Å². The van der Waals surface area contributed by atoms with E-state index in [0.29, 0.717) is 18.7 Å². The number of nitrogens with zero attached hydrogens (tertiary/aromatic N) is 1. The van der Waals surface area contributed by atoms with Gasteiger partial charge in [-0.2, -0.15) is 0 Å². The predicted octanol–water partition coefficient (Wildman–Crippen LogP) is 2.93. The number of ether oxygens (including phenoxy) is 1. The molecule has 18 heavy (non-hydrogen) atoms. The molecule has 1 aliphatic heterocycles. The Morgan fingerprint density at radius 3 is 2.67 bits per heavy atom. The predicted molar refractivity (Wildman–Crippen MR) is 80.2 cm³/mol. The number of methoxy groups -OCH3 is 1. The van der Waals surface area contributed by atoms with Crippen LogP contribution in [0.25, 0.3) is 0 Å². The second-order valence-electron chi connectivity index (χ2n) is 4.78. The summed E-state index contributed by atoms with van der Waals surface area (Å²) < 4.78 is 6.62. The Kier molecular flexibility index (Phi) is 5.21. The van der Waals surface area contributed by atoms with Crippen LogP contribution in [0.3, 0.4) is 0 Å². The van der Waals surface area contributed by atoms with Crippen molar-refractivity contribution in [2.24, 2.45) is 5.73 Å². The molecule has 1 aromatic heterocycles. The number of rotatable bonds is 4. The highest BCUT2D eigenvalue weighted by Crippen LogP contribution is 2.34. The molecule has 0 bridgehead atoms. The van der Waals surface area contributed by atoms with Gasteiger partial charge in [0.1, 0.15) is 0 Å². The molecule has 0 aliphatic carbocycles. The molecule has 1 saturated heterocycles. The molecule has 2 N–H and O–H groups in total. The number of nitrogens with two attached hydrogens (primary N) is 1. The summed E-state index contributed by atoms with van der Waals surface area (Å²) in [6.45, 7) is 4.98. The third-order valence-corrected chi connectivity index (χ3v) is 5.92. The molecule has 0 aromatic carbocycles. The van der Waals surface area contributed by atoms with Crippen molar-refractivity contribution in [3.8, 4) is 0 Å².